The zero-order valence-electron chi connectivity index (χ0n) is 14.2. The van der Waals surface area contributed by atoms with Crippen molar-refractivity contribution in [3.05, 3.63) is 54.1 Å². The lowest BCUT2D eigenvalue weighted by atomic mass is 10.0. The van der Waals surface area contributed by atoms with Crippen LogP contribution in [0.25, 0.3) is 10.8 Å². The van der Waals surface area contributed by atoms with Crippen LogP contribution in [0.5, 0.6) is 5.75 Å². The smallest absolute Gasteiger partial charge is 0.296 e. The molecule has 0 radical (unpaired) electrons. The number of azo groups is 1. The summed E-state index contributed by atoms with van der Waals surface area (Å²) in [5.74, 6) is -0.154. The molecule has 3 aromatic carbocycles. The van der Waals surface area contributed by atoms with E-state index < -0.39 is 10.1 Å². The molecule has 0 bridgehead atoms. The van der Waals surface area contributed by atoms with Gasteiger partial charge in [0.25, 0.3) is 10.1 Å². The molecule has 0 aliphatic heterocycles. The molecular weight excluding hydrogens is 354 g/mol. The Morgan fingerprint density at radius 1 is 1.08 bits per heavy atom. The SMILES string of the molecule is COS(=O)(=O)c1cc(N)c2c(O)c(N=Nc3ccccc3)c(C)cc2c1. The molecule has 0 saturated carbocycles. The van der Waals surface area contributed by atoms with E-state index in [0.717, 1.165) is 7.11 Å². The van der Waals surface area contributed by atoms with Gasteiger partial charge in [0.1, 0.15) is 5.69 Å². The second-order valence-corrected chi connectivity index (χ2v) is 7.37. The number of phenolic OH excluding ortho intramolecular Hbond substituents is 1. The predicted molar refractivity (Wildman–Crippen MR) is 99.6 cm³/mol. The Bertz CT molecular complexity index is 1110. The lowest BCUT2D eigenvalue weighted by Gasteiger charge is -2.11. The fraction of sp³-hybridized carbons (Fsp3) is 0.111. The highest BCUT2D eigenvalue weighted by molar-refractivity contribution is 7.86. The summed E-state index contributed by atoms with van der Waals surface area (Å²) in [6, 6.07) is 13.4. The van der Waals surface area contributed by atoms with Crippen LogP contribution in [0.1, 0.15) is 5.56 Å². The molecule has 0 spiro atoms. The molecule has 134 valence electrons. The average Bonchev–Trinajstić information content (AvgIpc) is 2.61. The van der Waals surface area contributed by atoms with Crippen molar-refractivity contribution >= 4 is 38.0 Å². The van der Waals surface area contributed by atoms with Gasteiger partial charge in [-0.15, -0.1) is 5.11 Å². The Labute approximate surface area is 150 Å². The van der Waals surface area contributed by atoms with Gasteiger partial charge in [-0.25, -0.2) is 0 Å². The molecule has 3 N–H and O–H groups in total. The standard InChI is InChI=1S/C18H17N3O4S/c1-11-8-12-9-14(26(23,24)25-2)10-15(19)16(12)18(22)17(11)21-20-13-6-4-3-5-7-13/h3-10,22H,19H2,1-2H3. The van der Waals surface area contributed by atoms with Crippen LogP contribution >= 0.6 is 0 Å². The van der Waals surface area contributed by atoms with Crippen LogP contribution < -0.4 is 5.73 Å². The van der Waals surface area contributed by atoms with Crippen molar-refractivity contribution in [3.63, 3.8) is 0 Å². The highest BCUT2D eigenvalue weighted by Crippen LogP contribution is 2.42. The molecule has 8 heteroatoms. The number of hydrogen-bond donors (Lipinski definition) is 2. The first-order chi connectivity index (χ1) is 12.3. The fourth-order valence-electron chi connectivity index (χ4n) is 2.62. The fourth-order valence-corrected chi connectivity index (χ4v) is 3.36. The highest BCUT2D eigenvalue weighted by atomic mass is 32.2. The number of hydrogen-bond acceptors (Lipinski definition) is 7. The maximum Gasteiger partial charge on any atom is 0.296 e. The highest BCUT2D eigenvalue weighted by Gasteiger charge is 2.19. The van der Waals surface area contributed by atoms with Crippen molar-refractivity contribution in [2.45, 2.75) is 11.8 Å². The molecule has 0 fully saturated rings. The number of rotatable bonds is 4. The maximum atomic E-state index is 11.9. The predicted octanol–water partition coefficient (Wildman–Crippen LogP) is 4.19. The largest absolute Gasteiger partial charge is 0.505 e. The minimum Gasteiger partial charge on any atom is -0.505 e. The number of fused-ring (bicyclic) bond motifs is 1. The van der Waals surface area contributed by atoms with Crippen molar-refractivity contribution < 1.29 is 17.7 Å². The summed E-state index contributed by atoms with van der Waals surface area (Å²) in [6.45, 7) is 1.74. The van der Waals surface area contributed by atoms with Gasteiger partial charge in [0, 0.05) is 11.1 Å². The van der Waals surface area contributed by atoms with Crippen molar-refractivity contribution in [2.75, 3.05) is 12.8 Å². The summed E-state index contributed by atoms with van der Waals surface area (Å²) in [4.78, 5) is -0.0811. The summed E-state index contributed by atoms with van der Waals surface area (Å²) < 4.78 is 28.4. The second-order valence-electron chi connectivity index (χ2n) is 5.66. The van der Waals surface area contributed by atoms with E-state index in [1.54, 1.807) is 25.1 Å². The molecule has 7 nitrogen and oxygen atoms in total. The monoisotopic (exact) mass is 371 g/mol. The Morgan fingerprint density at radius 3 is 2.42 bits per heavy atom. The Kier molecular flexibility index (Phi) is 4.62. The third-order valence-corrected chi connectivity index (χ3v) is 5.16. The molecule has 3 aromatic rings. The van der Waals surface area contributed by atoms with Crippen LogP contribution in [-0.4, -0.2) is 20.6 Å². The summed E-state index contributed by atoms with van der Waals surface area (Å²) in [6.07, 6.45) is 0. The molecule has 0 atom stereocenters. The number of phenols is 1. The number of nitrogen functional groups attached to an aromatic ring is 1. The van der Waals surface area contributed by atoms with Gasteiger partial charge in [0.05, 0.1) is 17.7 Å². The molecule has 0 amide bonds. The lowest BCUT2D eigenvalue weighted by Crippen LogP contribution is -2.04. The first-order valence-electron chi connectivity index (χ1n) is 7.66. The minimum absolute atomic E-state index is 0.0811. The summed E-state index contributed by atoms with van der Waals surface area (Å²) in [7, 11) is -2.82. The van der Waals surface area contributed by atoms with E-state index in [-0.39, 0.29) is 22.0 Å². The molecule has 0 aliphatic carbocycles. The van der Waals surface area contributed by atoms with Crippen molar-refractivity contribution in [1.29, 1.82) is 0 Å². The molecule has 0 heterocycles. The third kappa shape index (κ3) is 3.24. The van der Waals surface area contributed by atoms with Gasteiger partial charge in [0.2, 0.25) is 0 Å². The number of nitrogens with zero attached hydrogens (tertiary/aromatic N) is 2. The first-order valence-corrected chi connectivity index (χ1v) is 9.07. The van der Waals surface area contributed by atoms with E-state index in [4.69, 9.17) is 5.73 Å². The van der Waals surface area contributed by atoms with Gasteiger partial charge in [-0.05, 0) is 48.2 Å². The second kappa shape index (κ2) is 6.74. The van der Waals surface area contributed by atoms with E-state index in [2.05, 4.69) is 14.4 Å². The van der Waals surface area contributed by atoms with Crippen molar-refractivity contribution in [2.24, 2.45) is 10.2 Å². The molecular formula is C18H17N3O4S. The van der Waals surface area contributed by atoms with Crippen LogP contribution in [0.15, 0.2) is 63.7 Å². The van der Waals surface area contributed by atoms with Gasteiger partial charge in [0.15, 0.2) is 5.75 Å². The van der Waals surface area contributed by atoms with Crippen LogP contribution in [0.2, 0.25) is 0 Å². The molecule has 0 unspecified atom stereocenters. The zero-order valence-corrected chi connectivity index (χ0v) is 15.0. The molecule has 26 heavy (non-hydrogen) atoms. The van der Waals surface area contributed by atoms with Crippen LogP contribution in [-0.2, 0) is 14.3 Å². The number of aromatic hydroxyl groups is 1. The average molecular weight is 371 g/mol. The number of benzene rings is 3. The number of anilines is 1. The topological polar surface area (TPSA) is 114 Å². The van der Waals surface area contributed by atoms with E-state index in [0.29, 0.717) is 22.0 Å². The quantitative estimate of drug-likeness (QED) is 0.405. The number of aryl methyl sites for hydroxylation is 1. The minimum atomic E-state index is -3.90. The van der Waals surface area contributed by atoms with Gasteiger partial charge < -0.3 is 10.8 Å². The van der Waals surface area contributed by atoms with Crippen LogP contribution in [0.3, 0.4) is 0 Å². The molecule has 0 aliphatic rings. The van der Waals surface area contributed by atoms with Crippen molar-refractivity contribution in [3.8, 4) is 5.75 Å². The van der Waals surface area contributed by atoms with Crippen LogP contribution in [0, 0.1) is 6.92 Å². The zero-order chi connectivity index (χ0) is 18.9. The van der Waals surface area contributed by atoms with Crippen molar-refractivity contribution in [1.82, 2.24) is 0 Å². The van der Waals surface area contributed by atoms with Gasteiger partial charge in [-0.2, -0.15) is 13.5 Å². The van der Waals surface area contributed by atoms with Gasteiger partial charge in [-0.3, -0.25) is 4.18 Å². The van der Waals surface area contributed by atoms with Gasteiger partial charge >= 0.3 is 0 Å². The molecule has 0 saturated heterocycles. The number of nitrogens with two attached hydrogens (primary N) is 1. The van der Waals surface area contributed by atoms with E-state index >= 15 is 0 Å². The van der Waals surface area contributed by atoms with Gasteiger partial charge in [-0.1, -0.05) is 18.2 Å². The van der Waals surface area contributed by atoms with E-state index in [1.165, 1.54) is 12.1 Å². The Balaban J connectivity index is 2.18. The van der Waals surface area contributed by atoms with Crippen LogP contribution in [0.4, 0.5) is 17.1 Å². The van der Waals surface area contributed by atoms with E-state index in [9.17, 15) is 13.5 Å². The Morgan fingerprint density at radius 2 is 1.77 bits per heavy atom. The Hall–Kier alpha value is -2.97. The summed E-state index contributed by atoms with van der Waals surface area (Å²) in [5.41, 5.74) is 7.63. The van der Waals surface area contributed by atoms with E-state index in [1.807, 2.05) is 18.2 Å². The third-order valence-electron chi connectivity index (χ3n) is 3.91. The molecule has 3 rings (SSSR count). The molecule has 0 aromatic heterocycles. The normalized spacial score (nSPS) is 12.1. The summed E-state index contributed by atoms with van der Waals surface area (Å²) in [5, 5.41) is 19.6. The maximum absolute atomic E-state index is 11.9. The lowest BCUT2D eigenvalue weighted by molar-refractivity contribution is 0.398. The first kappa shape index (κ1) is 17.8. The summed E-state index contributed by atoms with van der Waals surface area (Å²) >= 11 is 0.